The minimum absolute atomic E-state index is 0.0886. The van der Waals surface area contributed by atoms with Gasteiger partial charge in [-0.05, 0) is 18.2 Å². The number of ether oxygens (including phenoxy) is 1. The van der Waals surface area contributed by atoms with Gasteiger partial charge in [0.2, 0.25) is 11.5 Å². The van der Waals surface area contributed by atoms with Crippen LogP contribution >= 0.6 is 0 Å². The number of esters is 1. The van der Waals surface area contributed by atoms with E-state index in [2.05, 4.69) is 19.6 Å². The van der Waals surface area contributed by atoms with Crippen LogP contribution < -0.4 is 19.6 Å². The van der Waals surface area contributed by atoms with Gasteiger partial charge in [0.05, 0.1) is 16.7 Å². The number of alkyl halides is 6. The van der Waals surface area contributed by atoms with Crippen LogP contribution in [0.1, 0.15) is 21.5 Å². The maximum Gasteiger partial charge on any atom is 0.416 e. The van der Waals surface area contributed by atoms with E-state index in [1.54, 1.807) is 0 Å². The van der Waals surface area contributed by atoms with Crippen LogP contribution in [-0.4, -0.2) is 5.97 Å². The van der Waals surface area contributed by atoms with E-state index in [0.29, 0.717) is 12.1 Å². The molecule has 5 nitrogen and oxygen atoms in total. The van der Waals surface area contributed by atoms with E-state index in [0.717, 1.165) is 0 Å². The van der Waals surface area contributed by atoms with Crippen LogP contribution in [0.4, 0.5) is 39.9 Å². The second-order valence-corrected chi connectivity index (χ2v) is 5.16. The van der Waals surface area contributed by atoms with Gasteiger partial charge in [0.25, 0.3) is 5.75 Å². The summed E-state index contributed by atoms with van der Waals surface area (Å²) in [7, 11) is 0. The maximum atomic E-state index is 12.8. The van der Waals surface area contributed by atoms with Gasteiger partial charge in [0, 0.05) is 25.7 Å². The Hall–Kier alpha value is -3.32. The van der Waals surface area contributed by atoms with Gasteiger partial charge in [-0.2, -0.15) is 26.3 Å². The van der Waals surface area contributed by atoms with Crippen LogP contribution in [0.2, 0.25) is 0 Å². The summed E-state index contributed by atoms with van der Waals surface area (Å²) in [5.41, 5.74) is -4.45. The molecule has 0 saturated carbocycles. The Kier molecular flexibility index (Phi) is 6.04. The van der Waals surface area contributed by atoms with Crippen molar-refractivity contribution in [2.45, 2.75) is 12.4 Å². The minimum atomic E-state index is -5.22. The Morgan fingerprint density at radius 2 is 1.14 bits per heavy atom. The molecule has 29 heavy (non-hydrogen) atoms. The topological polar surface area (TPSA) is 54.0 Å². The molecule has 2 aromatic carbocycles. The number of hydrogen-bond donors (Lipinski definition) is 0. The van der Waals surface area contributed by atoms with Crippen molar-refractivity contribution in [3.63, 3.8) is 0 Å². The van der Waals surface area contributed by atoms with Crippen LogP contribution in [0.25, 0.3) is 0 Å². The van der Waals surface area contributed by atoms with Gasteiger partial charge in [-0.1, -0.05) is 0 Å². The van der Waals surface area contributed by atoms with Crippen LogP contribution in [0.3, 0.4) is 0 Å². The summed E-state index contributed by atoms with van der Waals surface area (Å²) in [6.07, 6.45) is -10.4. The lowest BCUT2D eigenvalue weighted by atomic mass is 10.1. The fourth-order valence-corrected chi connectivity index (χ4v) is 2.04. The molecule has 0 aliphatic rings. The van der Waals surface area contributed by atoms with Crippen LogP contribution in [-0.2, 0) is 12.4 Å². The summed E-state index contributed by atoms with van der Waals surface area (Å²) in [4.78, 5) is 21.3. The molecular weight excluding hydrogens is 431 g/mol. The fourth-order valence-electron chi connectivity index (χ4n) is 2.04. The normalized spacial score (nSPS) is 11.8. The molecule has 0 amide bonds. The van der Waals surface area contributed by atoms with E-state index in [4.69, 9.17) is 0 Å². The molecule has 14 heteroatoms. The Balaban J connectivity index is 2.47. The lowest BCUT2D eigenvalue weighted by Gasteiger charge is -2.14. The molecule has 0 unspecified atom stereocenters. The van der Waals surface area contributed by atoms with Gasteiger partial charge >= 0.3 is 18.3 Å². The first-order valence-corrected chi connectivity index (χ1v) is 6.96. The third-order valence-corrected chi connectivity index (χ3v) is 3.27. The largest absolute Gasteiger partial charge is 0.423 e. The highest BCUT2D eigenvalue weighted by molar-refractivity contribution is 5.92. The summed E-state index contributed by atoms with van der Waals surface area (Å²) in [6, 6.07) is 0.682. The summed E-state index contributed by atoms with van der Waals surface area (Å²) in [6.45, 7) is 0. The number of benzene rings is 2. The van der Waals surface area contributed by atoms with E-state index >= 15 is 0 Å². The third kappa shape index (κ3) is 4.94. The van der Waals surface area contributed by atoms with Crippen molar-refractivity contribution in [1.82, 2.24) is 0 Å². The number of carbonyl (C=O) groups is 1. The molecule has 0 bridgehead atoms. The molecule has 0 radical (unpaired) electrons. The molecule has 0 saturated heterocycles. The number of hydrogen-bond acceptors (Lipinski definition) is 5. The van der Waals surface area contributed by atoms with Gasteiger partial charge in [-0.25, -0.2) is 4.79 Å². The average molecular weight is 436 g/mol. The Bertz CT molecular complexity index is 851. The monoisotopic (exact) mass is 436 g/mol. The third-order valence-electron chi connectivity index (χ3n) is 3.27. The first-order chi connectivity index (χ1) is 13.4. The Labute approximate surface area is 153 Å². The van der Waals surface area contributed by atoms with Crippen molar-refractivity contribution in [3.8, 4) is 23.0 Å². The number of rotatable bonds is 5. The standard InChI is InChI=1S/C15H5F9O5/c16-14(17,18)7-3-8(15(19,20)21)5-9(4-7)26-13(25)6-1-10(27-22)12(29-24)11(2-6)28-23/h1-5H. The molecule has 2 rings (SSSR count). The first-order valence-electron chi connectivity index (χ1n) is 6.96. The van der Waals surface area contributed by atoms with Gasteiger partial charge in [-0.15, -0.1) is 0 Å². The molecule has 0 fully saturated rings. The van der Waals surface area contributed by atoms with E-state index in [9.17, 15) is 44.7 Å². The molecule has 0 heterocycles. The zero-order chi connectivity index (χ0) is 22.0. The second kappa shape index (κ2) is 7.97. The molecular formula is C15H5F9O5. The number of carbonyl (C=O) groups excluding carboxylic acids is 1. The van der Waals surface area contributed by atoms with Gasteiger partial charge in [-0.3, -0.25) is 14.8 Å². The quantitative estimate of drug-likeness (QED) is 0.340. The van der Waals surface area contributed by atoms with E-state index in [1.165, 1.54) is 0 Å². The van der Waals surface area contributed by atoms with Crippen LogP contribution in [0.5, 0.6) is 23.0 Å². The molecule has 158 valence electrons. The molecule has 0 aliphatic heterocycles. The molecule has 0 aromatic heterocycles. The average Bonchev–Trinajstić information content (AvgIpc) is 2.64. The second-order valence-electron chi connectivity index (χ2n) is 5.16. The van der Waals surface area contributed by atoms with Crippen molar-refractivity contribution >= 4 is 5.97 Å². The van der Waals surface area contributed by atoms with Gasteiger partial charge in [0.1, 0.15) is 5.75 Å². The smallest absolute Gasteiger partial charge is 0.416 e. The van der Waals surface area contributed by atoms with Crippen molar-refractivity contribution in [3.05, 3.63) is 47.0 Å². The molecule has 2 aromatic rings. The van der Waals surface area contributed by atoms with Crippen molar-refractivity contribution in [2.75, 3.05) is 0 Å². The highest BCUT2D eigenvalue weighted by Crippen LogP contribution is 2.41. The summed E-state index contributed by atoms with van der Waals surface area (Å²) in [5.74, 6) is -6.64. The highest BCUT2D eigenvalue weighted by Gasteiger charge is 2.37. The van der Waals surface area contributed by atoms with Crippen LogP contribution in [0, 0.1) is 0 Å². The highest BCUT2D eigenvalue weighted by atomic mass is 19.4. The van der Waals surface area contributed by atoms with Crippen molar-refractivity contribution in [2.24, 2.45) is 0 Å². The first kappa shape index (κ1) is 22.0. The zero-order valence-corrected chi connectivity index (χ0v) is 13.3. The zero-order valence-electron chi connectivity index (χ0n) is 13.3. The SMILES string of the molecule is O=C(Oc1cc(C(F)(F)F)cc(C(F)(F)F)c1)c1cc(OF)c(OF)c(OF)c1. The maximum absolute atomic E-state index is 12.8. The van der Waals surface area contributed by atoms with Gasteiger partial charge in [0.15, 0.2) is 0 Å². The predicted molar refractivity (Wildman–Crippen MR) is 73.1 cm³/mol. The molecule has 0 spiro atoms. The summed E-state index contributed by atoms with van der Waals surface area (Å²) >= 11 is 0. The van der Waals surface area contributed by atoms with Gasteiger partial charge < -0.3 is 4.74 Å². The van der Waals surface area contributed by atoms with Crippen LogP contribution in [0.15, 0.2) is 30.3 Å². The Morgan fingerprint density at radius 1 is 0.690 bits per heavy atom. The molecule has 0 aliphatic carbocycles. The summed E-state index contributed by atoms with van der Waals surface area (Å²) in [5, 5.41) is 0. The van der Waals surface area contributed by atoms with E-state index in [-0.39, 0.29) is 18.2 Å². The Morgan fingerprint density at radius 3 is 1.48 bits per heavy atom. The lowest BCUT2D eigenvalue weighted by Crippen LogP contribution is -2.14. The number of halogens is 9. The lowest BCUT2D eigenvalue weighted by molar-refractivity contribution is -0.143. The minimum Gasteiger partial charge on any atom is -0.423 e. The van der Waals surface area contributed by atoms with E-state index in [1.807, 2.05) is 0 Å². The molecule has 0 atom stereocenters. The van der Waals surface area contributed by atoms with E-state index < -0.39 is 58.0 Å². The molecule has 0 N–H and O–H groups in total. The van der Waals surface area contributed by atoms with Crippen molar-refractivity contribution < 1.29 is 64.3 Å². The summed E-state index contributed by atoms with van der Waals surface area (Å²) < 4.78 is 118. The fraction of sp³-hybridized carbons (Fsp3) is 0.133. The van der Waals surface area contributed by atoms with Crippen molar-refractivity contribution in [1.29, 1.82) is 0 Å². The predicted octanol–water partition coefficient (Wildman–Crippen LogP) is 5.73.